The maximum Gasteiger partial charge on any atom is 0.0662 e. The molecule has 0 unspecified atom stereocenters. The van der Waals surface area contributed by atoms with Crippen LogP contribution in [0.4, 0.5) is 0 Å². The van der Waals surface area contributed by atoms with E-state index in [0.29, 0.717) is 0 Å². The smallest absolute Gasteiger partial charge is 0.0662 e. The molecule has 0 spiro atoms. The molecule has 3 heteroatoms. The minimum absolute atomic E-state index is 0. The van der Waals surface area contributed by atoms with Crippen molar-refractivity contribution in [2.75, 3.05) is 0 Å². The molecule has 4 heavy (non-hydrogen) atoms. The SMILES string of the molecule is [CH2]O.[OH-].[Zn]. The van der Waals surface area contributed by atoms with Crippen LogP contribution in [0, 0.1) is 7.11 Å². The standard InChI is InChI=1S/CH3O.H2O.Zn/c1-2;;/h2H,1H2;1H2;/p-1. The number of rotatable bonds is 0. The molecular weight excluding hydrogens is 109 g/mol. The molecule has 0 aromatic heterocycles. The van der Waals surface area contributed by atoms with Gasteiger partial charge in [0.2, 0.25) is 0 Å². The summed E-state index contributed by atoms with van der Waals surface area (Å²) in [7, 11) is 2.25. The van der Waals surface area contributed by atoms with Crippen molar-refractivity contribution in [1.82, 2.24) is 0 Å². The van der Waals surface area contributed by atoms with Crippen molar-refractivity contribution < 1.29 is 30.1 Å². The zero-order chi connectivity index (χ0) is 2.00. The van der Waals surface area contributed by atoms with Crippen LogP contribution in [0.3, 0.4) is 0 Å². The van der Waals surface area contributed by atoms with Crippen molar-refractivity contribution in [3.63, 3.8) is 0 Å². The summed E-state index contributed by atoms with van der Waals surface area (Å²) in [6.45, 7) is 0. The van der Waals surface area contributed by atoms with Gasteiger partial charge in [-0.1, -0.05) is 0 Å². The van der Waals surface area contributed by atoms with Crippen LogP contribution in [0.5, 0.6) is 0 Å². The van der Waals surface area contributed by atoms with E-state index in [0.717, 1.165) is 0 Å². The number of aliphatic hydroxyl groups excluding tert-OH is 1. The molecule has 23 valence electrons. The minimum atomic E-state index is 0. The fourth-order valence-electron chi connectivity index (χ4n) is 0. The largest absolute Gasteiger partial charge is 0.870 e. The second-order valence-electron chi connectivity index (χ2n) is 0. The van der Waals surface area contributed by atoms with Gasteiger partial charge in [-0.25, -0.2) is 0 Å². The Bertz CT molecular complexity index is 6.00. The fraction of sp³-hybridized carbons (Fsp3) is 0. The monoisotopic (exact) mass is 112 g/mol. The van der Waals surface area contributed by atoms with Crippen LogP contribution in [0.15, 0.2) is 0 Å². The van der Waals surface area contributed by atoms with Crippen molar-refractivity contribution in [2.24, 2.45) is 0 Å². The molecule has 0 bridgehead atoms. The molecule has 0 rings (SSSR count). The Balaban J connectivity index is -0.00000000500. The molecule has 0 aliphatic rings. The Morgan fingerprint density at radius 1 is 1.25 bits per heavy atom. The maximum absolute atomic E-state index is 6.75. The van der Waals surface area contributed by atoms with Crippen molar-refractivity contribution in [3.05, 3.63) is 7.11 Å². The molecule has 0 aromatic rings. The first-order valence-electron chi connectivity index (χ1n) is 0.316. The van der Waals surface area contributed by atoms with Crippen LogP contribution in [0.1, 0.15) is 0 Å². The Morgan fingerprint density at radius 3 is 1.25 bits per heavy atom. The first kappa shape index (κ1) is 23.9. The van der Waals surface area contributed by atoms with Gasteiger partial charge >= 0.3 is 0 Å². The summed E-state index contributed by atoms with van der Waals surface area (Å²) >= 11 is 0. The minimum Gasteiger partial charge on any atom is -0.870 e. The van der Waals surface area contributed by atoms with Gasteiger partial charge in [-0.05, 0) is 0 Å². The molecule has 0 fully saturated rings. The summed E-state index contributed by atoms with van der Waals surface area (Å²) in [5.74, 6) is 0. The summed E-state index contributed by atoms with van der Waals surface area (Å²) in [5.41, 5.74) is 0. The van der Waals surface area contributed by atoms with E-state index in [9.17, 15) is 0 Å². The average molecular weight is 113 g/mol. The molecule has 1 radical (unpaired) electrons. The first-order chi connectivity index (χ1) is 1.00. The van der Waals surface area contributed by atoms with E-state index >= 15 is 0 Å². The summed E-state index contributed by atoms with van der Waals surface area (Å²) in [6.07, 6.45) is 0. The third-order valence-electron chi connectivity index (χ3n) is 0. The molecule has 2 N–H and O–H groups in total. The van der Waals surface area contributed by atoms with Gasteiger partial charge in [0, 0.05) is 19.5 Å². The van der Waals surface area contributed by atoms with Crippen LogP contribution in [-0.4, -0.2) is 10.6 Å². The van der Waals surface area contributed by atoms with Crippen LogP contribution in [0.25, 0.3) is 0 Å². The summed E-state index contributed by atoms with van der Waals surface area (Å²) < 4.78 is 0. The Morgan fingerprint density at radius 2 is 1.25 bits per heavy atom. The van der Waals surface area contributed by atoms with Gasteiger partial charge in [0.05, 0.1) is 7.11 Å². The second-order valence-corrected chi connectivity index (χ2v) is 0. The Labute approximate surface area is 37.9 Å². The van der Waals surface area contributed by atoms with Crippen LogP contribution >= 0.6 is 0 Å². The first-order valence-corrected chi connectivity index (χ1v) is 0.316. The normalized spacial score (nSPS) is 1.50. The molecule has 0 aromatic carbocycles. The van der Waals surface area contributed by atoms with Gasteiger partial charge in [0.25, 0.3) is 0 Å². The van der Waals surface area contributed by atoms with E-state index in [1.165, 1.54) is 0 Å². The van der Waals surface area contributed by atoms with E-state index in [-0.39, 0.29) is 25.0 Å². The van der Waals surface area contributed by atoms with Crippen molar-refractivity contribution in [1.29, 1.82) is 0 Å². The van der Waals surface area contributed by atoms with Gasteiger partial charge in [-0.2, -0.15) is 0 Å². The molecule has 0 heterocycles. The third-order valence-corrected chi connectivity index (χ3v) is 0. The molecule has 0 saturated heterocycles. The molecular formula is CH4O2Zn-. The summed E-state index contributed by atoms with van der Waals surface area (Å²) in [4.78, 5) is 0. The van der Waals surface area contributed by atoms with E-state index in [4.69, 9.17) is 5.11 Å². The van der Waals surface area contributed by atoms with Crippen molar-refractivity contribution in [3.8, 4) is 0 Å². The van der Waals surface area contributed by atoms with Gasteiger partial charge in [0.15, 0.2) is 0 Å². The Hall–Kier alpha value is 0.543. The van der Waals surface area contributed by atoms with Crippen molar-refractivity contribution in [2.45, 2.75) is 0 Å². The molecule has 0 amide bonds. The Kier molecular flexibility index (Phi) is 465. The van der Waals surface area contributed by atoms with Crippen LogP contribution < -0.4 is 0 Å². The second kappa shape index (κ2) is 77.6. The summed E-state index contributed by atoms with van der Waals surface area (Å²) in [6, 6.07) is 0. The maximum atomic E-state index is 6.75. The number of hydrogen-bond acceptors (Lipinski definition) is 2. The predicted octanol–water partition coefficient (Wildman–Crippen LogP) is -0.0288. The van der Waals surface area contributed by atoms with Gasteiger partial charge in [-0.15, -0.1) is 0 Å². The third kappa shape index (κ3) is 20.5. The molecule has 0 saturated carbocycles. The fourth-order valence-corrected chi connectivity index (χ4v) is 0. The van der Waals surface area contributed by atoms with Gasteiger partial charge in [-0.3, -0.25) is 0 Å². The van der Waals surface area contributed by atoms with E-state index in [2.05, 4.69) is 7.11 Å². The molecule has 0 aliphatic heterocycles. The zero-order valence-electron chi connectivity index (χ0n) is 2.31. The zero-order valence-corrected chi connectivity index (χ0v) is 5.28. The van der Waals surface area contributed by atoms with Crippen molar-refractivity contribution >= 4 is 0 Å². The van der Waals surface area contributed by atoms with E-state index in [1.54, 1.807) is 0 Å². The van der Waals surface area contributed by atoms with Crippen LogP contribution in [0.2, 0.25) is 0 Å². The van der Waals surface area contributed by atoms with Gasteiger partial charge < -0.3 is 10.6 Å². The molecule has 2 nitrogen and oxygen atoms in total. The summed E-state index contributed by atoms with van der Waals surface area (Å²) in [5, 5.41) is 6.75. The molecule has 0 atom stereocenters. The predicted molar refractivity (Wildman–Crippen MR) is 9.23 cm³/mol. The van der Waals surface area contributed by atoms with Gasteiger partial charge in [0.1, 0.15) is 0 Å². The quantitative estimate of drug-likeness (QED) is 0.449. The topological polar surface area (TPSA) is 50.2 Å². The van der Waals surface area contributed by atoms with Crippen LogP contribution in [-0.2, 0) is 19.5 Å². The number of aliphatic hydroxyl groups is 1. The van der Waals surface area contributed by atoms with E-state index in [1.807, 2.05) is 0 Å². The number of hydrogen-bond donors (Lipinski definition) is 1. The van der Waals surface area contributed by atoms with E-state index < -0.39 is 0 Å². The average Bonchev–Trinajstić information content (AvgIpc) is 1.00. The molecule has 0 aliphatic carbocycles.